The molecule has 0 aromatic rings. The van der Waals surface area contributed by atoms with Gasteiger partial charge in [-0.1, -0.05) is 40.0 Å². The van der Waals surface area contributed by atoms with Crippen LogP contribution in [0.4, 0.5) is 0 Å². The van der Waals surface area contributed by atoms with Crippen LogP contribution in [-0.2, 0) is 0 Å². The summed E-state index contributed by atoms with van der Waals surface area (Å²) in [6, 6.07) is 0. The van der Waals surface area contributed by atoms with Gasteiger partial charge in [0.2, 0.25) is 0 Å². The third-order valence-electron chi connectivity index (χ3n) is 1.14. The van der Waals surface area contributed by atoms with Crippen molar-refractivity contribution in [3.63, 3.8) is 0 Å². The zero-order valence-electron chi connectivity index (χ0n) is 7.41. The van der Waals surface area contributed by atoms with Gasteiger partial charge in [0.25, 0.3) is 0 Å². The van der Waals surface area contributed by atoms with E-state index >= 15 is 0 Å². The Labute approximate surface area is 87.2 Å². The lowest BCUT2D eigenvalue weighted by Gasteiger charge is -1.98. The minimum Gasteiger partial charge on any atom is -0.214 e. The van der Waals surface area contributed by atoms with Gasteiger partial charge in [0.15, 0.2) is 0 Å². The van der Waals surface area contributed by atoms with Gasteiger partial charge in [-0.05, 0) is 5.92 Å². The van der Waals surface area contributed by atoms with Gasteiger partial charge in [0.05, 0.1) is 0 Å². The lowest BCUT2D eigenvalue weighted by Crippen LogP contribution is -1.83. The molecule has 0 saturated carbocycles. The fraction of sp³-hybridized carbons (Fsp3) is 1.00. The van der Waals surface area contributed by atoms with Gasteiger partial charge in [-0.2, -0.15) is 0 Å². The van der Waals surface area contributed by atoms with Crippen molar-refractivity contribution in [1.29, 1.82) is 0 Å². The number of hydrogen-bond donors (Lipinski definition) is 0. The fourth-order valence-electron chi connectivity index (χ4n) is 0.612. The van der Waals surface area contributed by atoms with Crippen molar-refractivity contribution in [1.82, 2.24) is 0 Å². The average Bonchev–Trinajstić information content (AvgIpc) is 1.82. The van der Waals surface area contributed by atoms with E-state index in [2.05, 4.69) is 20.8 Å². The second-order valence-corrected chi connectivity index (χ2v) is 9.22. The molecule has 0 unspecified atom stereocenters. The van der Waals surface area contributed by atoms with Crippen LogP contribution in [0.1, 0.15) is 40.0 Å². The Hall–Kier alpha value is 1.40. The number of halogens is 3. The molecule has 0 amide bonds. The number of hydrogen-bond acceptors (Lipinski definition) is 0. The molecule has 0 aliphatic rings. The van der Waals surface area contributed by atoms with Crippen LogP contribution in [0, 0.1) is 5.92 Å². The summed E-state index contributed by atoms with van der Waals surface area (Å²) in [6.45, 7) is 6.79. The van der Waals surface area contributed by atoms with E-state index in [1.54, 1.807) is 0 Å². The Bertz CT molecular complexity index is 64.0. The molecule has 0 aliphatic carbocycles. The van der Waals surface area contributed by atoms with Gasteiger partial charge < -0.3 is 0 Å². The molecule has 0 spiro atoms. The molecule has 0 heterocycles. The second-order valence-electron chi connectivity index (χ2n) is 2.78. The predicted molar refractivity (Wildman–Crippen MR) is 57.7 cm³/mol. The molecule has 11 heavy (non-hydrogen) atoms. The fourth-order valence-corrected chi connectivity index (χ4v) is 0.612. The number of rotatable bonds is 3. The Balaban J connectivity index is 0. The van der Waals surface area contributed by atoms with Crippen LogP contribution in [-0.4, -0.2) is 11.4 Å². The highest BCUT2D eigenvalue weighted by atomic mass is 35.8. The average molecular weight is 234 g/mol. The molecule has 0 aromatic carbocycles. The first kappa shape index (κ1) is 14.9. The zero-order valence-corrected chi connectivity index (χ0v) is 10.8. The summed E-state index contributed by atoms with van der Waals surface area (Å²) in [5.41, 5.74) is 0. The largest absolute Gasteiger partial charge is 0.643 e. The van der Waals surface area contributed by atoms with Crippen LogP contribution in [0.5, 0.6) is 0 Å². The third kappa shape index (κ3) is 34.5. The van der Waals surface area contributed by atoms with E-state index in [-0.39, 0.29) is 0 Å². The molecule has 0 aliphatic heterocycles. The van der Waals surface area contributed by atoms with Crippen molar-refractivity contribution in [2.45, 2.75) is 40.0 Å². The van der Waals surface area contributed by atoms with E-state index in [4.69, 9.17) is 30.1 Å². The Morgan fingerprint density at radius 3 is 1.64 bits per heavy atom. The van der Waals surface area contributed by atoms with Crippen LogP contribution >= 0.6 is 30.1 Å². The lowest BCUT2D eigenvalue weighted by molar-refractivity contribution is 0.550. The lowest BCUT2D eigenvalue weighted by atomic mass is 10.1. The first-order chi connectivity index (χ1) is 5.00. The first-order valence-electron chi connectivity index (χ1n) is 3.92. The van der Waals surface area contributed by atoms with Crippen molar-refractivity contribution < 1.29 is 0 Å². The van der Waals surface area contributed by atoms with Crippen molar-refractivity contribution in [3.05, 3.63) is 0 Å². The molecule has 4 heteroatoms. The summed E-state index contributed by atoms with van der Waals surface area (Å²) in [7, 11) is 14.8. The summed E-state index contributed by atoms with van der Waals surface area (Å²) in [4.78, 5) is 0. The Kier molecular flexibility index (Phi) is 15.4. The summed E-state index contributed by atoms with van der Waals surface area (Å²) < 4.78 is 0. The van der Waals surface area contributed by atoms with E-state index in [9.17, 15) is 0 Å². The summed E-state index contributed by atoms with van der Waals surface area (Å²) in [5.74, 6) is 0.903. The molecular weight excluding hydrogens is 217 g/mol. The Morgan fingerprint density at radius 1 is 1.18 bits per heavy atom. The summed E-state index contributed by atoms with van der Waals surface area (Å²) in [5, 5.41) is 0. The summed E-state index contributed by atoms with van der Waals surface area (Å²) >= 11 is -1.72. The van der Waals surface area contributed by atoms with Gasteiger partial charge in [-0.3, -0.25) is 0 Å². The maximum Gasteiger partial charge on any atom is 0.643 e. The SMILES string of the molecule is CCCCC(C)C.[Cl][Al]([Cl])[Cl]. The van der Waals surface area contributed by atoms with Crippen LogP contribution in [0.25, 0.3) is 0 Å². The quantitative estimate of drug-likeness (QED) is 0.629. The highest BCUT2D eigenvalue weighted by Gasteiger charge is 2.00. The molecule has 0 fully saturated rings. The molecule has 0 atom stereocenters. The molecule has 0 radical (unpaired) electrons. The first-order valence-corrected chi connectivity index (χ1v) is 9.16. The van der Waals surface area contributed by atoms with E-state index in [1.807, 2.05) is 0 Å². The van der Waals surface area contributed by atoms with Crippen molar-refractivity contribution >= 4 is 41.5 Å². The van der Waals surface area contributed by atoms with Crippen LogP contribution in [0.15, 0.2) is 0 Å². The van der Waals surface area contributed by atoms with Crippen molar-refractivity contribution in [2.24, 2.45) is 5.92 Å². The highest BCUT2D eigenvalue weighted by molar-refractivity contribution is 7.54. The van der Waals surface area contributed by atoms with Gasteiger partial charge in [-0.25, -0.2) is 30.1 Å². The van der Waals surface area contributed by atoms with E-state index in [0.29, 0.717) is 0 Å². The minimum absolute atomic E-state index is 0.903. The molecular formula is C7H16AlCl3. The normalized spacial score (nSPS) is 9.00. The topological polar surface area (TPSA) is 0 Å². The highest BCUT2D eigenvalue weighted by Crippen LogP contribution is 2.04. The molecule has 0 N–H and O–H groups in total. The summed E-state index contributed by atoms with van der Waals surface area (Å²) in [6.07, 6.45) is 4.15. The van der Waals surface area contributed by atoms with E-state index in [1.165, 1.54) is 19.3 Å². The zero-order chi connectivity index (χ0) is 9.28. The molecule has 0 nitrogen and oxygen atoms in total. The van der Waals surface area contributed by atoms with E-state index < -0.39 is 11.4 Å². The van der Waals surface area contributed by atoms with Crippen LogP contribution in [0.3, 0.4) is 0 Å². The minimum atomic E-state index is -1.72. The second kappa shape index (κ2) is 11.4. The number of unbranched alkanes of at least 4 members (excludes halogenated alkanes) is 1. The maximum absolute atomic E-state index is 4.94. The van der Waals surface area contributed by atoms with Crippen molar-refractivity contribution in [3.8, 4) is 0 Å². The standard InChI is InChI=1S/C7H16.Al.3ClH/c1-4-5-6-7(2)3;;;;/h7H,4-6H2,1-3H3;;3*1H/q;+3;;;/p-3. The van der Waals surface area contributed by atoms with Gasteiger partial charge in [0, 0.05) is 0 Å². The Morgan fingerprint density at radius 2 is 1.55 bits per heavy atom. The van der Waals surface area contributed by atoms with E-state index in [0.717, 1.165) is 5.92 Å². The molecule has 0 aromatic heterocycles. The van der Waals surface area contributed by atoms with Gasteiger partial charge in [0.1, 0.15) is 0 Å². The van der Waals surface area contributed by atoms with Crippen molar-refractivity contribution in [2.75, 3.05) is 0 Å². The third-order valence-corrected chi connectivity index (χ3v) is 1.14. The van der Waals surface area contributed by atoms with Gasteiger partial charge in [-0.15, -0.1) is 0 Å². The smallest absolute Gasteiger partial charge is 0.214 e. The monoisotopic (exact) mass is 232 g/mol. The molecule has 0 bridgehead atoms. The van der Waals surface area contributed by atoms with Crippen LogP contribution in [0.2, 0.25) is 0 Å². The maximum atomic E-state index is 4.94. The van der Waals surface area contributed by atoms with Gasteiger partial charge >= 0.3 is 11.4 Å². The predicted octanol–water partition coefficient (Wildman–Crippen LogP) is 4.52. The molecule has 0 saturated heterocycles. The molecule has 0 rings (SSSR count). The van der Waals surface area contributed by atoms with Crippen LogP contribution < -0.4 is 0 Å². The molecule has 68 valence electrons.